The van der Waals surface area contributed by atoms with Crippen LogP contribution in [0.2, 0.25) is 10.2 Å². The number of H-pyrrole nitrogens is 1. The Morgan fingerprint density at radius 2 is 2.05 bits per heavy atom. The molecule has 106 valence electrons. The van der Waals surface area contributed by atoms with Crippen molar-refractivity contribution in [1.82, 2.24) is 9.55 Å². The van der Waals surface area contributed by atoms with Crippen molar-refractivity contribution in [2.24, 2.45) is 0 Å². The lowest BCUT2D eigenvalue weighted by atomic mass is 10.1. The number of nitrogens with one attached hydrogen (secondary N) is 1. The third-order valence-corrected chi connectivity index (χ3v) is 3.88. The second kappa shape index (κ2) is 6.52. The van der Waals surface area contributed by atoms with E-state index in [4.69, 9.17) is 23.2 Å². The van der Waals surface area contributed by atoms with Gasteiger partial charge in [0.05, 0.1) is 5.56 Å². The fourth-order valence-corrected chi connectivity index (χ4v) is 2.65. The third-order valence-electron chi connectivity index (χ3n) is 2.77. The highest BCUT2D eigenvalue weighted by Crippen LogP contribution is 2.24. The van der Waals surface area contributed by atoms with E-state index < -0.39 is 11.2 Å². The summed E-state index contributed by atoms with van der Waals surface area (Å²) in [6.45, 7) is 0.333. The third kappa shape index (κ3) is 3.11. The van der Waals surface area contributed by atoms with Crippen molar-refractivity contribution < 1.29 is 0 Å². The Hall–Kier alpha value is -1.17. The van der Waals surface area contributed by atoms with Crippen LogP contribution in [0.1, 0.15) is 0 Å². The summed E-state index contributed by atoms with van der Waals surface area (Å²) in [5.74, 6) is 0.666. The van der Waals surface area contributed by atoms with Crippen LogP contribution in [0.15, 0.2) is 33.9 Å². The predicted molar refractivity (Wildman–Crippen MR) is 85.2 cm³/mol. The number of halogens is 2. The molecule has 0 fully saturated rings. The van der Waals surface area contributed by atoms with Gasteiger partial charge in [-0.1, -0.05) is 35.3 Å². The minimum absolute atomic E-state index is 0.0302. The number of aromatic nitrogens is 2. The van der Waals surface area contributed by atoms with Crippen LogP contribution in [0.3, 0.4) is 0 Å². The van der Waals surface area contributed by atoms with Crippen molar-refractivity contribution in [3.63, 3.8) is 0 Å². The maximum Gasteiger partial charge on any atom is 0.329 e. The molecular weight excluding hydrogens is 319 g/mol. The van der Waals surface area contributed by atoms with Gasteiger partial charge >= 0.3 is 5.69 Å². The molecule has 0 aliphatic rings. The molecule has 0 saturated heterocycles. The van der Waals surface area contributed by atoms with Gasteiger partial charge in [-0.25, -0.2) is 4.79 Å². The second-order valence-electron chi connectivity index (χ2n) is 4.08. The number of aromatic amines is 1. The van der Waals surface area contributed by atoms with Crippen LogP contribution in [0.5, 0.6) is 0 Å². The molecular formula is C13H12Cl2N2O2S. The highest BCUT2D eigenvalue weighted by molar-refractivity contribution is 7.98. The first-order valence-electron chi connectivity index (χ1n) is 5.82. The zero-order valence-electron chi connectivity index (χ0n) is 10.7. The quantitative estimate of drug-likeness (QED) is 0.877. The standard InChI is InChI=1S/C13H12Cl2N2O2S/c1-20-6-5-17-12(18)10(11(15)16-13(17)19)8-3-2-4-9(14)7-8/h2-4,7H,5-6H2,1H3,(H,16,19). The van der Waals surface area contributed by atoms with Crippen LogP contribution in [0.25, 0.3) is 11.1 Å². The summed E-state index contributed by atoms with van der Waals surface area (Å²) < 4.78 is 1.15. The zero-order valence-corrected chi connectivity index (χ0v) is 13.0. The SMILES string of the molecule is CSCCn1c(=O)[nH]c(Cl)c(-c2cccc(Cl)c2)c1=O. The van der Waals surface area contributed by atoms with Crippen LogP contribution in [-0.4, -0.2) is 21.6 Å². The lowest BCUT2D eigenvalue weighted by molar-refractivity contribution is 0.682. The molecule has 0 saturated carbocycles. The molecule has 7 heteroatoms. The van der Waals surface area contributed by atoms with E-state index in [0.717, 1.165) is 4.57 Å². The molecule has 1 aromatic heterocycles. The molecule has 0 aliphatic carbocycles. The van der Waals surface area contributed by atoms with Crippen LogP contribution in [0, 0.1) is 0 Å². The lowest BCUT2D eigenvalue weighted by Crippen LogP contribution is -2.36. The summed E-state index contributed by atoms with van der Waals surface area (Å²) in [4.78, 5) is 26.7. The second-order valence-corrected chi connectivity index (χ2v) is 5.88. The summed E-state index contributed by atoms with van der Waals surface area (Å²) in [7, 11) is 0. The summed E-state index contributed by atoms with van der Waals surface area (Å²) in [5, 5.41) is 0.530. The Bertz CT molecular complexity index is 740. The first-order valence-corrected chi connectivity index (χ1v) is 7.97. The van der Waals surface area contributed by atoms with Gasteiger partial charge in [-0.15, -0.1) is 0 Å². The lowest BCUT2D eigenvalue weighted by Gasteiger charge is -2.09. The molecule has 0 amide bonds. The average Bonchev–Trinajstić information content (AvgIpc) is 2.38. The molecule has 2 aromatic rings. The highest BCUT2D eigenvalue weighted by atomic mass is 35.5. The predicted octanol–water partition coefficient (Wildman–Crippen LogP) is 2.87. The van der Waals surface area contributed by atoms with Gasteiger partial charge in [0.15, 0.2) is 0 Å². The Morgan fingerprint density at radius 3 is 2.70 bits per heavy atom. The van der Waals surface area contributed by atoms with E-state index in [0.29, 0.717) is 22.9 Å². The van der Waals surface area contributed by atoms with Crippen LogP contribution in [-0.2, 0) is 6.54 Å². The monoisotopic (exact) mass is 330 g/mol. The molecule has 20 heavy (non-hydrogen) atoms. The van der Waals surface area contributed by atoms with Gasteiger partial charge in [0, 0.05) is 17.3 Å². The average molecular weight is 331 g/mol. The van der Waals surface area contributed by atoms with E-state index >= 15 is 0 Å². The molecule has 2 rings (SSSR count). The van der Waals surface area contributed by atoms with Gasteiger partial charge in [-0.05, 0) is 24.0 Å². The zero-order chi connectivity index (χ0) is 14.7. The molecule has 1 heterocycles. The van der Waals surface area contributed by atoms with Gasteiger partial charge in [0.1, 0.15) is 5.15 Å². The Kier molecular flexibility index (Phi) is 4.96. The van der Waals surface area contributed by atoms with Crippen molar-refractivity contribution in [3.05, 3.63) is 55.3 Å². The van der Waals surface area contributed by atoms with Gasteiger partial charge in [-0.3, -0.25) is 14.3 Å². The number of benzene rings is 1. The van der Waals surface area contributed by atoms with Crippen molar-refractivity contribution in [3.8, 4) is 11.1 Å². The van der Waals surface area contributed by atoms with E-state index in [1.54, 1.807) is 36.0 Å². The van der Waals surface area contributed by atoms with E-state index in [1.165, 1.54) is 0 Å². The fraction of sp³-hybridized carbons (Fsp3) is 0.231. The molecule has 4 nitrogen and oxygen atoms in total. The molecule has 1 aromatic carbocycles. The molecule has 0 bridgehead atoms. The van der Waals surface area contributed by atoms with Gasteiger partial charge in [-0.2, -0.15) is 11.8 Å². The largest absolute Gasteiger partial charge is 0.329 e. The van der Waals surface area contributed by atoms with Crippen molar-refractivity contribution in [2.45, 2.75) is 6.54 Å². The number of hydrogen-bond donors (Lipinski definition) is 1. The minimum Gasteiger partial charge on any atom is -0.297 e. The van der Waals surface area contributed by atoms with Crippen LogP contribution < -0.4 is 11.2 Å². The normalized spacial score (nSPS) is 10.8. The molecule has 0 aliphatic heterocycles. The summed E-state index contributed by atoms with van der Waals surface area (Å²) >= 11 is 13.5. The molecule has 0 spiro atoms. The molecule has 0 unspecified atom stereocenters. The number of nitrogens with zero attached hydrogens (tertiary/aromatic N) is 1. The topological polar surface area (TPSA) is 54.9 Å². The van der Waals surface area contributed by atoms with Gasteiger partial charge < -0.3 is 0 Å². The Morgan fingerprint density at radius 1 is 1.30 bits per heavy atom. The Labute approximate surface area is 129 Å². The van der Waals surface area contributed by atoms with Crippen LogP contribution in [0.4, 0.5) is 0 Å². The number of rotatable bonds is 4. The summed E-state index contributed by atoms with van der Waals surface area (Å²) in [5.41, 5.74) is -0.0635. The molecule has 0 atom stereocenters. The van der Waals surface area contributed by atoms with E-state index in [1.807, 2.05) is 6.26 Å². The first-order chi connectivity index (χ1) is 9.54. The van der Waals surface area contributed by atoms with E-state index in [9.17, 15) is 9.59 Å². The summed E-state index contributed by atoms with van der Waals surface area (Å²) in [6.07, 6.45) is 1.91. The first kappa shape index (κ1) is 15.2. The van der Waals surface area contributed by atoms with Crippen molar-refractivity contribution in [2.75, 3.05) is 12.0 Å². The maximum atomic E-state index is 12.4. The van der Waals surface area contributed by atoms with Crippen molar-refractivity contribution in [1.29, 1.82) is 0 Å². The molecule has 0 radical (unpaired) electrons. The summed E-state index contributed by atoms with van der Waals surface area (Å²) in [6, 6.07) is 6.80. The molecule has 1 N–H and O–H groups in total. The van der Waals surface area contributed by atoms with Gasteiger partial charge in [0.25, 0.3) is 5.56 Å². The fourth-order valence-electron chi connectivity index (χ4n) is 1.82. The van der Waals surface area contributed by atoms with Crippen molar-refractivity contribution >= 4 is 35.0 Å². The van der Waals surface area contributed by atoms with E-state index in [-0.39, 0.29) is 10.7 Å². The number of hydrogen-bond acceptors (Lipinski definition) is 3. The van der Waals surface area contributed by atoms with Gasteiger partial charge in [0.2, 0.25) is 0 Å². The smallest absolute Gasteiger partial charge is 0.297 e. The highest BCUT2D eigenvalue weighted by Gasteiger charge is 2.14. The van der Waals surface area contributed by atoms with Crippen LogP contribution >= 0.6 is 35.0 Å². The number of thioether (sulfide) groups is 1. The maximum absolute atomic E-state index is 12.4. The van der Waals surface area contributed by atoms with E-state index in [2.05, 4.69) is 4.98 Å². The minimum atomic E-state index is -0.500. The Balaban J connectivity index is 2.65.